The smallest absolute Gasteiger partial charge is 0.254 e. The molecule has 2 atom stereocenters. The molecular formula is C14H17FN2O. The molecule has 2 unspecified atom stereocenters. The highest BCUT2D eigenvalue weighted by atomic mass is 19.1. The monoisotopic (exact) mass is 248 g/mol. The number of fused-ring (bicyclic) bond motifs is 3. The van der Waals surface area contributed by atoms with Gasteiger partial charge in [-0.25, -0.2) is 4.39 Å². The van der Waals surface area contributed by atoms with E-state index >= 15 is 0 Å². The molecule has 3 fully saturated rings. The Labute approximate surface area is 106 Å². The summed E-state index contributed by atoms with van der Waals surface area (Å²) in [5.41, 5.74) is 1.35. The third-order valence-electron chi connectivity index (χ3n) is 4.04. The van der Waals surface area contributed by atoms with E-state index in [9.17, 15) is 9.18 Å². The molecule has 3 aliphatic rings. The Kier molecular flexibility index (Phi) is 2.82. The normalized spacial score (nSPS) is 26.4. The fourth-order valence-corrected chi connectivity index (χ4v) is 2.94. The molecule has 0 radical (unpaired) electrons. The molecule has 0 aromatic heterocycles. The zero-order valence-electron chi connectivity index (χ0n) is 10.4. The zero-order valence-corrected chi connectivity index (χ0v) is 10.4. The highest BCUT2D eigenvalue weighted by molar-refractivity contribution is 5.96. The highest BCUT2D eigenvalue weighted by Gasteiger charge is 2.36. The van der Waals surface area contributed by atoms with Crippen molar-refractivity contribution in [3.8, 4) is 0 Å². The van der Waals surface area contributed by atoms with E-state index in [1.54, 1.807) is 6.07 Å². The van der Waals surface area contributed by atoms with Crippen molar-refractivity contribution in [1.29, 1.82) is 0 Å². The van der Waals surface area contributed by atoms with Gasteiger partial charge >= 0.3 is 0 Å². The number of nitrogens with one attached hydrogen (secondary N) is 1. The lowest BCUT2D eigenvalue weighted by Gasteiger charge is -2.46. The first-order valence-corrected chi connectivity index (χ1v) is 6.45. The van der Waals surface area contributed by atoms with Crippen LogP contribution in [0.25, 0.3) is 0 Å². The van der Waals surface area contributed by atoms with Gasteiger partial charge in [0.25, 0.3) is 5.91 Å². The van der Waals surface area contributed by atoms with Gasteiger partial charge in [-0.2, -0.15) is 0 Å². The molecule has 1 aromatic rings. The van der Waals surface area contributed by atoms with Gasteiger partial charge in [0, 0.05) is 30.7 Å². The number of piperazine rings is 1. The second-order valence-electron chi connectivity index (χ2n) is 5.25. The van der Waals surface area contributed by atoms with Crippen LogP contribution in [0.5, 0.6) is 0 Å². The number of amides is 1. The molecule has 3 nitrogen and oxygen atoms in total. The number of carbonyl (C=O) groups excluding carboxylic acids is 1. The van der Waals surface area contributed by atoms with Gasteiger partial charge in [0.15, 0.2) is 0 Å². The minimum Gasteiger partial charge on any atom is -0.333 e. The third kappa shape index (κ3) is 1.90. The molecule has 1 amide bonds. The fourth-order valence-electron chi connectivity index (χ4n) is 2.94. The molecule has 3 aliphatic heterocycles. The van der Waals surface area contributed by atoms with Crippen molar-refractivity contribution in [3.05, 3.63) is 35.1 Å². The standard InChI is InChI=1S/C14H17FN2O/c1-9-2-3-10(15)6-13(9)14(18)17-8-11-4-5-12(17)7-16-11/h2-3,6,11-12,16H,4-5,7-8H2,1H3. The molecule has 1 N–H and O–H groups in total. The van der Waals surface area contributed by atoms with E-state index in [1.807, 2.05) is 11.8 Å². The molecule has 18 heavy (non-hydrogen) atoms. The zero-order chi connectivity index (χ0) is 12.7. The molecule has 3 heterocycles. The van der Waals surface area contributed by atoms with Crippen molar-refractivity contribution >= 4 is 5.91 Å². The van der Waals surface area contributed by atoms with Crippen LogP contribution in [0.1, 0.15) is 28.8 Å². The van der Waals surface area contributed by atoms with Crippen molar-refractivity contribution in [1.82, 2.24) is 10.2 Å². The van der Waals surface area contributed by atoms with Crippen LogP contribution >= 0.6 is 0 Å². The molecular weight excluding hydrogens is 231 g/mol. The third-order valence-corrected chi connectivity index (χ3v) is 4.04. The van der Waals surface area contributed by atoms with Crippen LogP contribution in [-0.2, 0) is 0 Å². The summed E-state index contributed by atoms with van der Waals surface area (Å²) in [6.07, 6.45) is 2.19. The number of benzene rings is 1. The second kappa shape index (κ2) is 4.35. The first kappa shape index (κ1) is 11.7. The quantitative estimate of drug-likeness (QED) is 0.820. The molecule has 0 aliphatic carbocycles. The largest absolute Gasteiger partial charge is 0.333 e. The van der Waals surface area contributed by atoms with Gasteiger partial charge in [-0.1, -0.05) is 6.07 Å². The Morgan fingerprint density at radius 2 is 2.28 bits per heavy atom. The SMILES string of the molecule is Cc1ccc(F)cc1C(=O)N1CC2CCC1CN2. The van der Waals surface area contributed by atoms with Gasteiger partial charge in [0.1, 0.15) is 5.82 Å². The van der Waals surface area contributed by atoms with Crippen LogP contribution in [-0.4, -0.2) is 36.0 Å². The lowest BCUT2D eigenvalue weighted by molar-refractivity contribution is 0.0439. The lowest BCUT2D eigenvalue weighted by Crippen LogP contribution is -2.62. The summed E-state index contributed by atoms with van der Waals surface area (Å²) in [7, 11) is 0. The molecule has 96 valence electrons. The number of carbonyl (C=O) groups is 1. The summed E-state index contributed by atoms with van der Waals surface area (Å²) in [5.74, 6) is -0.368. The first-order valence-electron chi connectivity index (χ1n) is 6.45. The molecule has 2 bridgehead atoms. The maximum absolute atomic E-state index is 13.3. The number of hydrogen-bond donors (Lipinski definition) is 1. The number of aryl methyl sites for hydroxylation is 1. The van der Waals surface area contributed by atoms with Crippen LogP contribution in [0.4, 0.5) is 4.39 Å². The van der Waals surface area contributed by atoms with E-state index in [1.165, 1.54) is 12.1 Å². The number of hydrogen-bond acceptors (Lipinski definition) is 2. The van der Waals surface area contributed by atoms with Crippen LogP contribution in [0.2, 0.25) is 0 Å². The Balaban J connectivity index is 1.88. The number of piperidine rings is 2. The first-order chi connectivity index (χ1) is 8.65. The molecule has 4 rings (SSSR count). The van der Waals surface area contributed by atoms with Gasteiger partial charge < -0.3 is 10.2 Å². The number of halogens is 1. The van der Waals surface area contributed by atoms with Gasteiger partial charge in [-0.15, -0.1) is 0 Å². The van der Waals surface area contributed by atoms with Crippen molar-refractivity contribution in [2.45, 2.75) is 31.8 Å². The van der Waals surface area contributed by atoms with Crippen molar-refractivity contribution in [3.63, 3.8) is 0 Å². The van der Waals surface area contributed by atoms with Crippen LogP contribution in [0, 0.1) is 12.7 Å². The minimum absolute atomic E-state index is 0.0248. The predicted octanol–water partition coefficient (Wildman–Crippen LogP) is 1.71. The van der Waals surface area contributed by atoms with Crippen LogP contribution in [0.3, 0.4) is 0 Å². The van der Waals surface area contributed by atoms with Gasteiger partial charge in [-0.3, -0.25) is 4.79 Å². The Bertz CT molecular complexity index is 481. The highest BCUT2D eigenvalue weighted by Crippen LogP contribution is 2.25. The Morgan fingerprint density at radius 3 is 2.89 bits per heavy atom. The van der Waals surface area contributed by atoms with Crippen molar-refractivity contribution in [2.75, 3.05) is 13.1 Å². The van der Waals surface area contributed by atoms with Gasteiger partial charge in [0.2, 0.25) is 0 Å². The van der Waals surface area contributed by atoms with E-state index in [-0.39, 0.29) is 17.8 Å². The average molecular weight is 248 g/mol. The summed E-state index contributed by atoms with van der Waals surface area (Å²) in [6, 6.07) is 5.10. The summed E-state index contributed by atoms with van der Waals surface area (Å²) in [6.45, 7) is 3.47. The number of nitrogens with zero attached hydrogens (tertiary/aromatic N) is 1. The summed E-state index contributed by atoms with van der Waals surface area (Å²) in [4.78, 5) is 14.4. The van der Waals surface area contributed by atoms with E-state index in [0.29, 0.717) is 11.6 Å². The van der Waals surface area contributed by atoms with E-state index in [2.05, 4.69) is 5.32 Å². The molecule has 1 aromatic carbocycles. The van der Waals surface area contributed by atoms with E-state index < -0.39 is 0 Å². The molecule has 3 saturated heterocycles. The summed E-state index contributed by atoms with van der Waals surface area (Å²) in [5, 5.41) is 3.41. The molecule has 0 saturated carbocycles. The Hall–Kier alpha value is -1.42. The maximum Gasteiger partial charge on any atom is 0.254 e. The summed E-state index contributed by atoms with van der Waals surface area (Å²) < 4.78 is 13.3. The maximum atomic E-state index is 13.3. The second-order valence-corrected chi connectivity index (χ2v) is 5.25. The summed E-state index contributed by atoms with van der Waals surface area (Å²) >= 11 is 0. The predicted molar refractivity (Wildman–Crippen MR) is 67.0 cm³/mol. The topological polar surface area (TPSA) is 32.3 Å². The number of rotatable bonds is 1. The van der Waals surface area contributed by atoms with Crippen LogP contribution < -0.4 is 5.32 Å². The fraction of sp³-hybridized carbons (Fsp3) is 0.500. The van der Waals surface area contributed by atoms with Crippen LogP contribution in [0.15, 0.2) is 18.2 Å². The molecule has 4 heteroatoms. The van der Waals surface area contributed by atoms with Crippen molar-refractivity contribution in [2.24, 2.45) is 0 Å². The van der Waals surface area contributed by atoms with Gasteiger partial charge in [0.05, 0.1) is 0 Å². The van der Waals surface area contributed by atoms with Crippen molar-refractivity contribution < 1.29 is 9.18 Å². The average Bonchev–Trinajstić information content (AvgIpc) is 2.42. The molecule has 0 spiro atoms. The Morgan fingerprint density at radius 1 is 1.44 bits per heavy atom. The minimum atomic E-state index is -0.343. The lowest BCUT2D eigenvalue weighted by atomic mass is 9.92. The van der Waals surface area contributed by atoms with Gasteiger partial charge in [-0.05, 0) is 37.5 Å². The van der Waals surface area contributed by atoms with E-state index in [4.69, 9.17) is 0 Å². The van der Waals surface area contributed by atoms with E-state index in [0.717, 1.165) is 31.5 Å².